The summed E-state index contributed by atoms with van der Waals surface area (Å²) in [6.07, 6.45) is 1.34. The molecule has 5 aliphatic rings. The second-order valence-electron chi connectivity index (χ2n) is 16.9. The molecule has 0 fully saturated rings. The largest absolute Gasteiger partial charge is 0.274 e. The average Bonchev–Trinajstić information content (AvgIpc) is 4.13. The summed E-state index contributed by atoms with van der Waals surface area (Å²) in [5.41, 5.74) is 7.98. The summed E-state index contributed by atoms with van der Waals surface area (Å²) >= 11 is 9.12. The number of hydrogen-bond donors (Lipinski definition) is 0. The number of halogens is 3. The molecular formula is C55H44BrClFN5O10. The molecule has 0 bridgehead atoms. The van der Waals surface area contributed by atoms with Crippen molar-refractivity contribution in [3.8, 4) is 0 Å². The Morgan fingerprint density at radius 2 is 0.781 bits per heavy atom. The van der Waals surface area contributed by atoms with Crippen LogP contribution in [0.3, 0.4) is 0 Å². The molecule has 15 nitrogen and oxygen atoms in total. The zero-order chi connectivity index (χ0) is 52.8. The Morgan fingerprint density at radius 3 is 1.27 bits per heavy atom. The van der Waals surface area contributed by atoms with E-state index in [0.717, 1.165) is 37.3 Å². The number of para-hydroxylation sites is 2. The minimum Gasteiger partial charge on any atom is -0.274 e. The minimum atomic E-state index is -0.387. The monoisotopic (exact) mass is 1070 g/mol. The SMILES string of the molecule is CC(=O)N1C(=O)Cc2cc(Br)ccc21.CC(=O)N1C(=O)Cc2cc(F)ccc21.CC(=O)N1C(=O)Cc2ccc(Cl)cc21.CC(=O)N1C(=O)Cc2ccccc21.O=C1Cc2ccccc2N1C(=O)c1ccccc1. The molecule has 0 saturated heterocycles. The second kappa shape index (κ2) is 22.4. The van der Waals surface area contributed by atoms with Crippen LogP contribution in [0.2, 0.25) is 5.02 Å². The topological polar surface area (TPSA) is 187 Å². The van der Waals surface area contributed by atoms with Crippen LogP contribution in [0.4, 0.5) is 32.8 Å². The van der Waals surface area contributed by atoms with Gasteiger partial charge in [0.1, 0.15) is 5.82 Å². The van der Waals surface area contributed by atoms with E-state index in [1.807, 2.05) is 54.6 Å². The summed E-state index contributed by atoms with van der Waals surface area (Å²) in [6, 6.07) is 38.2. The van der Waals surface area contributed by atoms with E-state index in [2.05, 4.69) is 15.9 Å². The maximum Gasteiger partial charge on any atom is 0.265 e. The summed E-state index contributed by atoms with van der Waals surface area (Å²) in [4.78, 5) is 121. The molecule has 0 saturated carbocycles. The molecule has 0 N–H and O–H groups in total. The van der Waals surface area contributed by atoms with Crippen molar-refractivity contribution >= 4 is 115 Å². The molecule has 5 aliphatic heterocycles. The lowest BCUT2D eigenvalue weighted by atomic mass is 10.1. The summed E-state index contributed by atoms with van der Waals surface area (Å²) < 4.78 is 13.7. The Balaban J connectivity index is 0.000000134. The van der Waals surface area contributed by atoms with Gasteiger partial charge in [-0.3, -0.25) is 67.5 Å². The van der Waals surface area contributed by atoms with Gasteiger partial charge in [-0.1, -0.05) is 88.2 Å². The lowest BCUT2D eigenvalue weighted by Crippen LogP contribution is -2.33. The Labute approximate surface area is 431 Å². The van der Waals surface area contributed by atoms with Crippen molar-refractivity contribution in [3.05, 3.63) is 182 Å². The van der Waals surface area contributed by atoms with Gasteiger partial charge in [-0.25, -0.2) is 9.29 Å². The molecule has 6 aromatic rings. The number of hydrogen-bond acceptors (Lipinski definition) is 10. The zero-order valence-corrected chi connectivity index (χ0v) is 42.0. The van der Waals surface area contributed by atoms with Gasteiger partial charge in [-0.2, -0.15) is 0 Å². The molecule has 0 radical (unpaired) electrons. The highest BCUT2D eigenvalue weighted by molar-refractivity contribution is 9.10. The van der Waals surface area contributed by atoms with E-state index in [9.17, 15) is 52.3 Å². The summed E-state index contributed by atoms with van der Waals surface area (Å²) in [6.45, 7) is 5.49. The van der Waals surface area contributed by atoms with Crippen LogP contribution >= 0.6 is 27.5 Å². The van der Waals surface area contributed by atoms with Crippen molar-refractivity contribution in [2.45, 2.75) is 59.8 Å². The first-order chi connectivity index (χ1) is 34.7. The van der Waals surface area contributed by atoms with Crippen LogP contribution in [0, 0.1) is 5.82 Å². The van der Waals surface area contributed by atoms with Gasteiger partial charge >= 0.3 is 0 Å². The molecule has 73 heavy (non-hydrogen) atoms. The minimum absolute atomic E-state index is 0.104. The van der Waals surface area contributed by atoms with Crippen LogP contribution in [0.1, 0.15) is 65.9 Å². The van der Waals surface area contributed by atoms with Gasteiger partial charge in [-0.05, 0) is 101 Å². The summed E-state index contributed by atoms with van der Waals surface area (Å²) in [5.74, 6) is -2.60. The van der Waals surface area contributed by atoms with Crippen molar-refractivity contribution in [1.29, 1.82) is 0 Å². The molecule has 18 heteroatoms. The van der Waals surface area contributed by atoms with Gasteiger partial charge in [-0.15, -0.1) is 0 Å². The van der Waals surface area contributed by atoms with E-state index in [-0.39, 0.29) is 77.7 Å². The first-order valence-electron chi connectivity index (χ1n) is 22.5. The van der Waals surface area contributed by atoms with Crippen LogP contribution in [-0.2, 0) is 75.3 Å². The Hall–Kier alpha value is -8.28. The van der Waals surface area contributed by atoms with Gasteiger partial charge in [0.15, 0.2) is 0 Å². The Kier molecular flexibility index (Phi) is 16.1. The third-order valence-corrected chi connectivity index (χ3v) is 12.5. The second-order valence-corrected chi connectivity index (χ2v) is 18.2. The molecule has 370 valence electrons. The lowest BCUT2D eigenvalue weighted by Gasteiger charge is -2.15. The standard InChI is InChI=1S/C15H11NO2.C10H8BrNO2.C10H8ClNO2.C10H8FNO2.C10H9NO2/c17-14-10-12-8-4-5-9-13(12)16(14)15(18)11-6-2-1-3-7-11;1-6(13)12-9-3-2-8(11)4-7(9)5-10(12)14;1-6(13)12-9-5-8(11)3-2-7(9)4-10(12)14;1-6(13)12-9-3-2-8(11)4-7(9)5-10(12)14;1-7(12)11-9-5-3-2-4-8(9)6-10(11)13/h1-9H,10H2;2-4H,5H2,1H3;2-3,5H,4H2,1H3;2-4H,5H2,1H3;2-5H,6H2,1H3. The number of anilines is 5. The predicted molar refractivity (Wildman–Crippen MR) is 274 cm³/mol. The summed E-state index contributed by atoms with van der Waals surface area (Å²) in [5, 5.41) is 0.532. The summed E-state index contributed by atoms with van der Waals surface area (Å²) in [7, 11) is 0. The quantitative estimate of drug-likeness (QED) is 0.145. The Morgan fingerprint density at radius 1 is 0.411 bits per heavy atom. The lowest BCUT2D eigenvalue weighted by molar-refractivity contribution is -0.126. The normalized spacial score (nSPS) is 14.2. The molecule has 0 spiro atoms. The maximum atomic E-state index is 12.8. The number of nitrogens with zero attached hydrogens (tertiary/aromatic N) is 5. The highest BCUT2D eigenvalue weighted by Crippen LogP contribution is 2.34. The van der Waals surface area contributed by atoms with Crippen LogP contribution in [0.25, 0.3) is 0 Å². The fraction of sp³-hybridized carbons (Fsp3) is 0.164. The fourth-order valence-electron chi connectivity index (χ4n) is 8.67. The number of carbonyl (C=O) groups is 10. The molecule has 0 unspecified atom stereocenters. The van der Waals surface area contributed by atoms with Crippen LogP contribution < -0.4 is 24.5 Å². The van der Waals surface area contributed by atoms with Gasteiger partial charge < -0.3 is 0 Å². The maximum absolute atomic E-state index is 12.8. The number of imide groups is 5. The zero-order valence-electron chi connectivity index (χ0n) is 39.7. The first-order valence-corrected chi connectivity index (χ1v) is 23.7. The van der Waals surface area contributed by atoms with Crippen LogP contribution in [0.15, 0.2) is 138 Å². The van der Waals surface area contributed by atoms with E-state index in [4.69, 9.17) is 11.6 Å². The number of rotatable bonds is 1. The van der Waals surface area contributed by atoms with Crippen LogP contribution in [0.5, 0.6) is 0 Å². The molecule has 5 heterocycles. The van der Waals surface area contributed by atoms with Crippen molar-refractivity contribution in [1.82, 2.24) is 0 Å². The highest BCUT2D eigenvalue weighted by Gasteiger charge is 2.34. The number of benzene rings is 6. The van der Waals surface area contributed by atoms with Gasteiger partial charge in [0.05, 0.1) is 60.5 Å². The van der Waals surface area contributed by atoms with E-state index in [1.165, 1.54) is 65.5 Å². The number of carbonyl (C=O) groups excluding carboxylic acids is 10. The van der Waals surface area contributed by atoms with Crippen molar-refractivity contribution < 1.29 is 52.3 Å². The number of fused-ring (bicyclic) bond motifs is 5. The van der Waals surface area contributed by atoms with Gasteiger partial charge in [0.25, 0.3) is 5.91 Å². The molecule has 11 rings (SSSR count). The smallest absolute Gasteiger partial charge is 0.265 e. The Bertz CT molecular complexity index is 3210. The van der Waals surface area contributed by atoms with Gasteiger partial charge in [0.2, 0.25) is 53.2 Å². The average molecular weight is 1070 g/mol. The highest BCUT2D eigenvalue weighted by atomic mass is 79.9. The molecular weight excluding hydrogens is 1020 g/mol. The fourth-order valence-corrected chi connectivity index (χ4v) is 9.25. The van der Waals surface area contributed by atoms with Crippen molar-refractivity contribution in [2.24, 2.45) is 0 Å². The van der Waals surface area contributed by atoms with Crippen molar-refractivity contribution in [3.63, 3.8) is 0 Å². The first kappa shape index (κ1) is 52.5. The molecule has 0 aromatic heterocycles. The molecule has 0 atom stereocenters. The molecule has 10 amide bonds. The van der Waals surface area contributed by atoms with Crippen molar-refractivity contribution in [2.75, 3.05) is 24.5 Å². The van der Waals surface area contributed by atoms with E-state index < -0.39 is 0 Å². The van der Waals surface area contributed by atoms with E-state index >= 15 is 0 Å². The predicted octanol–water partition coefficient (Wildman–Crippen LogP) is 8.46. The molecule has 0 aliphatic carbocycles. The number of amides is 10. The van der Waals surface area contributed by atoms with E-state index in [1.54, 1.807) is 60.7 Å². The third kappa shape index (κ3) is 11.6. The van der Waals surface area contributed by atoms with Crippen LogP contribution in [-0.4, -0.2) is 59.1 Å². The molecule has 6 aromatic carbocycles. The third-order valence-electron chi connectivity index (χ3n) is 11.8. The van der Waals surface area contributed by atoms with E-state index in [0.29, 0.717) is 58.2 Å². The van der Waals surface area contributed by atoms with Gasteiger partial charge in [0, 0.05) is 42.8 Å².